The molecule has 1 fully saturated rings. The molecule has 0 bridgehead atoms. The molecule has 0 aliphatic heterocycles. The first-order chi connectivity index (χ1) is 8.76. The molecule has 0 N–H and O–H groups in total. The van der Waals surface area contributed by atoms with Crippen molar-refractivity contribution in [2.45, 2.75) is 50.9 Å². The van der Waals surface area contributed by atoms with Crippen LogP contribution < -0.4 is 4.90 Å². The van der Waals surface area contributed by atoms with Gasteiger partial charge in [-0.1, -0.05) is 36.9 Å². The number of hydrogen-bond donors (Lipinski definition) is 0. The second-order valence-electron chi connectivity index (χ2n) is 5.00. The minimum Gasteiger partial charge on any atom is -0.368 e. The number of rotatable bonds is 4. The first kappa shape index (κ1) is 14.0. The molecule has 0 amide bonds. The van der Waals surface area contributed by atoms with Crippen molar-refractivity contribution in [3.8, 4) is 0 Å². The fraction of sp³-hybridized carbons (Fsp3) is 0.600. The summed E-state index contributed by atoms with van der Waals surface area (Å²) in [6.07, 6.45) is 6.66. The van der Waals surface area contributed by atoms with E-state index >= 15 is 0 Å². The molecule has 3 heteroatoms. The van der Waals surface area contributed by atoms with E-state index in [1.807, 2.05) is 6.07 Å². The van der Waals surface area contributed by atoms with E-state index in [9.17, 15) is 0 Å². The summed E-state index contributed by atoms with van der Waals surface area (Å²) < 4.78 is 0. The maximum absolute atomic E-state index is 6.40. The Labute approximate surface area is 120 Å². The molecule has 1 aliphatic rings. The molecule has 1 aliphatic carbocycles. The number of anilines is 1. The van der Waals surface area contributed by atoms with Gasteiger partial charge in [-0.05, 0) is 37.5 Å². The Bertz CT molecular complexity index is 386. The molecule has 0 heterocycles. The van der Waals surface area contributed by atoms with Crippen LogP contribution in [-0.2, 0) is 5.88 Å². The summed E-state index contributed by atoms with van der Waals surface area (Å²) >= 11 is 12.2. The van der Waals surface area contributed by atoms with E-state index in [0.717, 1.165) is 17.1 Å². The standard InChI is InChI=1S/C15H21Cl2N/c1-2-18(13-6-4-3-5-7-13)15-9-8-12(11-16)10-14(15)17/h8-10,13H,2-7,11H2,1H3. The van der Waals surface area contributed by atoms with E-state index in [1.165, 1.54) is 37.8 Å². The summed E-state index contributed by atoms with van der Waals surface area (Å²) in [4.78, 5) is 2.46. The van der Waals surface area contributed by atoms with Gasteiger partial charge in [-0.3, -0.25) is 0 Å². The van der Waals surface area contributed by atoms with Gasteiger partial charge in [0.2, 0.25) is 0 Å². The zero-order chi connectivity index (χ0) is 13.0. The molecular weight excluding hydrogens is 265 g/mol. The number of benzene rings is 1. The highest BCUT2D eigenvalue weighted by molar-refractivity contribution is 6.33. The van der Waals surface area contributed by atoms with Crippen molar-refractivity contribution in [3.05, 3.63) is 28.8 Å². The van der Waals surface area contributed by atoms with Gasteiger partial charge in [0.15, 0.2) is 0 Å². The Balaban J connectivity index is 2.20. The molecular formula is C15H21Cl2N. The van der Waals surface area contributed by atoms with Gasteiger partial charge in [-0.25, -0.2) is 0 Å². The molecule has 0 saturated heterocycles. The number of halogens is 2. The normalized spacial score (nSPS) is 16.8. The molecule has 0 spiro atoms. The lowest BCUT2D eigenvalue weighted by Crippen LogP contribution is -2.36. The lowest BCUT2D eigenvalue weighted by Gasteiger charge is -2.36. The summed E-state index contributed by atoms with van der Waals surface area (Å²) in [5.74, 6) is 0.523. The van der Waals surface area contributed by atoms with Crippen LogP contribution >= 0.6 is 23.2 Å². The molecule has 18 heavy (non-hydrogen) atoms. The highest BCUT2D eigenvalue weighted by Crippen LogP contribution is 2.32. The molecule has 0 aromatic heterocycles. The number of nitrogens with zero attached hydrogens (tertiary/aromatic N) is 1. The van der Waals surface area contributed by atoms with E-state index < -0.39 is 0 Å². The van der Waals surface area contributed by atoms with Gasteiger partial charge in [0, 0.05) is 18.5 Å². The Kier molecular flexibility index (Phi) is 5.20. The smallest absolute Gasteiger partial charge is 0.0642 e. The van der Waals surface area contributed by atoms with Crippen molar-refractivity contribution in [2.24, 2.45) is 0 Å². The third-order valence-electron chi connectivity index (χ3n) is 3.83. The van der Waals surface area contributed by atoms with Gasteiger partial charge < -0.3 is 4.90 Å². The summed E-state index contributed by atoms with van der Waals surface area (Å²) in [7, 11) is 0. The quantitative estimate of drug-likeness (QED) is 0.684. The highest BCUT2D eigenvalue weighted by Gasteiger charge is 2.21. The molecule has 100 valence electrons. The third-order valence-corrected chi connectivity index (χ3v) is 4.44. The number of hydrogen-bond acceptors (Lipinski definition) is 1. The van der Waals surface area contributed by atoms with Crippen LogP contribution in [0.25, 0.3) is 0 Å². The maximum Gasteiger partial charge on any atom is 0.0642 e. The Hall–Kier alpha value is -0.400. The van der Waals surface area contributed by atoms with Crippen LogP contribution in [0.1, 0.15) is 44.6 Å². The fourth-order valence-corrected chi connectivity index (χ4v) is 3.36. The van der Waals surface area contributed by atoms with E-state index in [0.29, 0.717) is 11.9 Å². The first-order valence-electron chi connectivity index (χ1n) is 6.87. The molecule has 1 saturated carbocycles. The lowest BCUT2D eigenvalue weighted by molar-refractivity contribution is 0.418. The molecule has 0 radical (unpaired) electrons. The van der Waals surface area contributed by atoms with Crippen molar-refractivity contribution >= 4 is 28.9 Å². The zero-order valence-corrected chi connectivity index (χ0v) is 12.5. The van der Waals surface area contributed by atoms with Gasteiger partial charge in [0.25, 0.3) is 0 Å². The van der Waals surface area contributed by atoms with Crippen LogP contribution in [0, 0.1) is 0 Å². The van der Waals surface area contributed by atoms with Crippen molar-refractivity contribution in [1.29, 1.82) is 0 Å². The molecule has 1 aromatic rings. The summed E-state index contributed by atoms with van der Waals surface area (Å²) in [6.45, 7) is 3.23. The average molecular weight is 286 g/mol. The lowest BCUT2D eigenvalue weighted by atomic mass is 9.93. The van der Waals surface area contributed by atoms with Gasteiger partial charge in [-0.15, -0.1) is 11.6 Å². The molecule has 2 rings (SSSR count). The van der Waals surface area contributed by atoms with Crippen molar-refractivity contribution < 1.29 is 0 Å². The van der Waals surface area contributed by atoms with E-state index in [2.05, 4.69) is 24.0 Å². The zero-order valence-electron chi connectivity index (χ0n) is 11.0. The average Bonchev–Trinajstić information content (AvgIpc) is 2.42. The van der Waals surface area contributed by atoms with Crippen molar-refractivity contribution in [2.75, 3.05) is 11.4 Å². The topological polar surface area (TPSA) is 3.24 Å². The van der Waals surface area contributed by atoms with Gasteiger partial charge in [-0.2, -0.15) is 0 Å². The van der Waals surface area contributed by atoms with E-state index in [-0.39, 0.29) is 0 Å². The van der Waals surface area contributed by atoms with Gasteiger partial charge in [0.05, 0.1) is 10.7 Å². The SMILES string of the molecule is CCN(c1ccc(CCl)cc1Cl)C1CCCCC1. The van der Waals surface area contributed by atoms with E-state index in [1.54, 1.807) is 0 Å². The molecule has 1 aromatic carbocycles. The Morgan fingerprint density at radius 2 is 1.94 bits per heavy atom. The largest absolute Gasteiger partial charge is 0.368 e. The first-order valence-corrected chi connectivity index (χ1v) is 7.78. The summed E-state index contributed by atoms with van der Waals surface area (Å²) in [5, 5.41) is 0.834. The molecule has 0 atom stereocenters. The predicted molar refractivity (Wildman–Crippen MR) is 80.9 cm³/mol. The Morgan fingerprint density at radius 1 is 1.22 bits per heavy atom. The summed E-state index contributed by atoms with van der Waals surface area (Å²) in [5.41, 5.74) is 2.25. The minimum absolute atomic E-state index is 0.523. The van der Waals surface area contributed by atoms with Crippen LogP contribution in [0.5, 0.6) is 0 Å². The van der Waals surface area contributed by atoms with Gasteiger partial charge >= 0.3 is 0 Å². The molecule has 0 unspecified atom stereocenters. The van der Waals surface area contributed by atoms with E-state index in [4.69, 9.17) is 23.2 Å². The van der Waals surface area contributed by atoms with Crippen LogP contribution in [-0.4, -0.2) is 12.6 Å². The van der Waals surface area contributed by atoms with Crippen LogP contribution in [0.4, 0.5) is 5.69 Å². The van der Waals surface area contributed by atoms with Crippen LogP contribution in [0.2, 0.25) is 5.02 Å². The second-order valence-corrected chi connectivity index (χ2v) is 5.67. The van der Waals surface area contributed by atoms with Crippen molar-refractivity contribution in [1.82, 2.24) is 0 Å². The van der Waals surface area contributed by atoms with Crippen LogP contribution in [0.15, 0.2) is 18.2 Å². The summed E-state index contributed by atoms with van der Waals surface area (Å²) in [6, 6.07) is 6.86. The maximum atomic E-state index is 6.40. The highest BCUT2D eigenvalue weighted by atomic mass is 35.5. The fourth-order valence-electron chi connectivity index (χ4n) is 2.88. The monoisotopic (exact) mass is 285 g/mol. The minimum atomic E-state index is 0.523. The van der Waals surface area contributed by atoms with Crippen LogP contribution in [0.3, 0.4) is 0 Å². The Morgan fingerprint density at radius 3 is 2.50 bits per heavy atom. The molecule has 1 nitrogen and oxygen atoms in total. The number of alkyl halides is 1. The third kappa shape index (κ3) is 3.13. The second kappa shape index (κ2) is 6.68. The van der Waals surface area contributed by atoms with Crippen molar-refractivity contribution in [3.63, 3.8) is 0 Å². The predicted octanol–water partition coefficient (Wildman–Crippen LogP) is 5.24. The van der Waals surface area contributed by atoms with Gasteiger partial charge in [0.1, 0.15) is 0 Å².